The van der Waals surface area contributed by atoms with Gasteiger partial charge in [-0.2, -0.15) is 0 Å². The van der Waals surface area contributed by atoms with E-state index in [0.29, 0.717) is 6.61 Å². The largest absolute Gasteiger partial charge is 0.396 e. The van der Waals surface area contributed by atoms with Crippen LogP contribution in [0.15, 0.2) is 41.9 Å². The van der Waals surface area contributed by atoms with Gasteiger partial charge in [-0.1, -0.05) is 43.2 Å². The zero-order valence-electron chi connectivity index (χ0n) is 11.0. The van der Waals surface area contributed by atoms with E-state index in [1.807, 2.05) is 12.3 Å². The van der Waals surface area contributed by atoms with Gasteiger partial charge in [-0.25, -0.2) is 0 Å². The van der Waals surface area contributed by atoms with Gasteiger partial charge in [0.1, 0.15) is 0 Å². The number of rotatable bonds is 9. The van der Waals surface area contributed by atoms with Gasteiger partial charge in [0.15, 0.2) is 0 Å². The fourth-order valence-electron chi connectivity index (χ4n) is 1.74. The minimum atomic E-state index is 0.306. The van der Waals surface area contributed by atoms with Gasteiger partial charge in [0.2, 0.25) is 0 Å². The lowest BCUT2D eigenvalue weighted by Crippen LogP contribution is -1.88. The van der Waals surface area contributed by atoms with Gasteiger partial charge in [0.05, 0.1) is 0 Å². The van der Waals surface area contributed by atoms with Crippen LogP contribution >= 0.6 is 0 Å². The van der Waals surface area contributed by atoms with E-state index >= 15 is 0 Å². The predicted molar refractivity (Wildman–Crippen MR) is 78.4 cm³/mol. The van der Waals surface area contributed by atoms with Crippen molar-refractivity contribution in [3.05, 3.63) is 48.0 Å². The van der Waals surface area contributed by atoms with E-state index in [0.717, 1.165) is 44.2 Å². The van der Waals surface area contributed by atoms with Gasteiger partial charge in [-0.05, 0) is 30.4 Å². The molecule has 0 spiro atoms. The summed E-state index contributed by atoms with van der Waals surface area (Å²) in [6.45, 7) is 4.91. The van der Waals surface area contributed by atoms with Gasteiger partial charge in [-0.3, -0.25) is 4.99 Å². The Bertz CT molecular complexity index is 354. The van der Waals surface area contributed by atoms with Gasteiger partial charge in [0.25, 0.3) is 0 Å². The van der Waals surface area contributed by atoms with E-state index in [4.69, 9.17) is 5.11 Å². The first-order chi connectivity index (χ1) is 8.86. The molecule has 0 aliphatic heterocycles. The molecule has 0 fully saturated rings. The number of hydrogen-bond acceptors (Lipinski definition) is 2. The van der Waals surface area contributed by atoms with Crippen molar-refractivity contribution >= 4 is 6.21 Å². The Morgan fingerprint density at radius 3 is 2.44 bits per heavy atom. The van der Waals surface area contributed by atoms with Crippen molar-refractivity contribution in [2.24, 2.45) is 4.99 Å². The SMILES string of the molecule is C=CCc1ccc(C=NCCCCCCO)cc1. The van der Waals surface area contributed by atoms with Gasteiger partial charge in [-0.15, -0.1) is 6.58 Å². The van der Waals surface area contributed by atoms with Crippen LogP contribution in [-0.2, 0) is 6.42 Å². The van der Waals surface area contributed by atoms with Crippen molar-refractivity contribution in [1.29, 1.82) is 0 Å². The smallest absolute Gasteiger partial charge is 0.0431 e. The number of hydrogen-bond donors (Lipinski definition) is 1. The van der Waals surface area contributed by atoms with Gasteiger partial charge >= 0.3 is 0 Å². The summed E-state index contributed by atoms with van der Waals surface area (Å²) in [6.07, 6.45) is 9.03. The monoisotopic (exact) mass is 245 g/mol. The number of aliphatic imine (C=N–C) groups is 1. The first-order valence-corrected chi connectivity index (χ1v) is 6.67. The molecule has 0 saturated carbocycles. The molecule has 1 N–H and O–H groups in total. The van der Waals surface area contributed by atoms with Crippen molar-refractivity contribution in [3.8, 4) is 0 Å². The summed E-state index contributed by atoms with van der Waals surface area (Å²) in [7, 11) is 0. The second kappa shape index (κ2) is 9.60. The predicted octanol–water partition coefficient (Wildman–Crippen LogP) is 3.39. The zero-order valence-corrected chi connectivity index (χ0v) is 11.0. The summed E-state index contributed by atoms with van der Waals surface area (Å²) in [5, 5.41) is 8.64. The van der Waals surface area contributed by atoms with E-state index in [1.54, 1.807) is 0 Å². The number of unbranched alkanes of at least 4 members (excludes halogenated alkanes) is 3. The van der Waals surface area contributed by atoms with Crippen molar-refractivity contribution < 1.29 is 5.11 Å². The van der Waals surface area contributed by atoms with Crippen molar-refractivity contribution in [2.75, 3.05) is 13.2 Å². The topological polar surface area (TPSA) is 32.6 Å². The molecule has 0 aromatic heterocycles. The highest BCUT2D eigenvalue weighted by molar-refractivity contribution is 5.79. The Morgan fingerprint density at radius 2 is 1.78 bits per heavy atom. The molecule has 0 aliphatic carbocycles. The normalized spacial score (nSPS) is 10.9. The maximum absolute atomic E-state index is 8.64. The molecule has 0 atom stereocenters. The van der Waals surface area contributed by atoms with E-state index in [-0.39, 0.29) is 0 Å². The van der Waals surface area contributed by atoms with Crippen LogP contribution < -0.4 is 0 Å². The van der Waals surface area contributed by atoms with Gasteiger partial charge < -0.3 is 5.11 Å². The Hall–Kier alpha value is -1.41. The minimum absolute atomic E-state index is 0.306. The van der Waals surface area contributed by atoms with Crippen molar-refractivity contribution in [1.82, 2.24) is 0 Å². The maximum Gasteiger partial charge on any atom is 0.0431 e. The lowest BCUT2D eigenvalue weighted by Gasteiger charge is -1.98. The first kappa shape index (κ1) is 14.7. The lowest BCUT2D eigenvalue weighted by atomic mass is 10.1. The number of aliphatic hydroxyl groups excluding tert-OH is 1. The highest BCUT2D eigenvalue weighted by Gasteiger charge is 1.91. The third-order valence-corrected chi connectivity index (χ3v) is 2.80. The Labute approximate surface area is 110 Å². The summed E-state index contributed by atoms with van der Waals surface area (Å²) in [6, 6.07) is 8.41. The second-order valence-corrected chi connectivity index (χ2v) is 4.41. The molecule has 0 unspecified atom stereocenters. The van der Waals surface area contributed by atoms with Crippen LogP contribution in [0.2, 0.25) is 0 Å². The standard InChI is InChI=1S/C16H23NO/c1-2-7-15-8-10-16(11-9-15)14-17-12-5-3-4-6-13-18/h2,8-11,14,18H,1,3-7,12-13H2. The third-order valence-electron chi connectivity index (χ3n) is 2.80. The summed E-state index contributed by atoms with van der Waals surface area (Å²) in [4.78, 5) is 4.41. The molecule has 1 rings (SSSR count). The van der Waals surface area contributed by atoms with E-state index in [1.165, 1.54) is 5.56 Å². The average molecular weight is 245 g/mol. The number of allylic oxidation sites excluding steroid dienone is 1. The average Bonchev–Trinajstić information content (AvgIpc) is 2.40. The molecular formula is C16H23NO. The van der Waals surface area contributed by atoms with Crippen LogP contribution in [-0.4, -0.2) is 24.5 Å². The molecule has 0 amide bonds. The fourth-order valence-corrected chi connectivity index (χ4v) is 1.74. The highest BCUT2D eigenvalue weighted by atomic mass is 16.2. The fraction of sp³-hybridized carbons (Fsp3) is 0.438. The van der Waals surface area contributed by atoms with Crippen LogP contribution in [0.4, 0.5) is 0 Å². The van der Waals surface area contributed by atoms with E-state index in [9.17, 15) is 0 Å². The van der Waals surface area contributed by atoms with Crippen LogP contribution in [0.5, 0.6) is 0 Å². The van der Waals surface area contributed by atoms with E-state index in [2.05, 4.69) is 35.8 Å². The molecule has 0 aliphatic rings. The van der Waals surface area contributed by atoms with Crippen molar-refractivity contribution in [2.45, 2.75) is 32.1 Å². The maximum atomic E-state index is 8.64. The number of benzene rings is 1. The van der Waals surface area contributed by atoms with E-state index < -0.39 is 0 Å². The molecular weight excluding hydrogens is 222 g/mol. The zero-order chi connectivity index (χ0) is 13.1. The first-order valence-electron chi connectivity index (χ1n) is 6.67. The molecule has 18 heavy (non-hydrogen) atoms. The Balaban J connectivity index is 2.22. The molecule has 0 heterocycles. The molecule has 0 bridgehead atoms. The molecule has 98 valence electrons. The minimum Gasteiger partial charge on any atom is -0.396 e. The molecule has 0 radical (unpaired) electrons. The molecule has 1 aromatic rings. The summed E-state index contributed by atoms with van der Waals surface area (Å²) in [5.74, 6) is 0. The van der Waals surface area contributed by atoms with Crippen LogP contribution in [0.3, 0.4) is 0 Å². The highest BCUT2D eigenvalue weighted by Crippen LogP contribution is 2.04. The van der Waals surface area contributed by atoms with Crippen LogP contribution in [0.25, 0.3) is 0 Å². The number of aliphatic hydroxyl groups is 1. The van der Waals surface area contributed by atoms with Crippen LogP contribution in [0, 0.1) is 0 Å². The molecule has 2 heteroatoms. The Morgan fingerprint density at radius 1 is 1.06 bits per heavy atom. The van der Waals surface area contributed by atoms with Gasteiger partial charge in [0, 0.05) is 19.4 Å². The summed E-state index contributed by atoms with van der Waals surface area (Å²) >= 11 is 0. The quantitative estimate of drug-likeness (QED) is 0.404. The lowest BCUT2D eigenvalue weighted by molar-refractivity contribution is 0.282. The number of nitrogens with zero attached hydrogens (tertiary/aromatic N) is 1. The molecule has 2 nitrogen and oxygen atoms in total. The summed E-state index contributed by atoms with van der Waals surface area (Å²) in [5.41, 5.74) is 2.43. The second-order valence-electron chi connectivity index (χ2n) is 4.41. The van der Waals surface area contributed by atoms with Crippen molar-refractivity contribution in [3.63, 3.8) is 0 Å². The molecule has 1 aromatic carbocycles. The summed E-state index contributed by atoms with van der Waals surface area (Å²) < 4.78 is 0. The van der Waals surface area contributed by atoms with Crippen LogP contribution in [0.1, 0.15) is 36.8 Å². The molecule has 0 saturated heterocycles. The Kier molecular flexibility index (Phi) is 7.82. The third kappa shape index (κ3) is 6.36.